The predicted molar refractivity (Wildman–Crippen MR) is 62.8 cm³/mol. The number of benzene rings is 1. The first-order valence-electron chi connectivity index (χ1n) is 5.60. The summed E-state index contributed by atoms with van der Waals surface area (Å²) in [5.41, 5.74) is -0.720. The fraction of sp³-hybridized carbons (Fsp3) is 0.308. The zero-order valence-corrected chi connectivity index (χ0v) is 9.96. The third-order valence-electron chi connectivity index (χ3n) is 3.06. The fourth-order valence-electron chi connectivity index (χ4n) is 1.76. The Morgan fingerprint density at radius 2 is 2.06 bits per heavy atom. The Labute approximate surface area is 102 Å². The van der Waals surface area contributed by atoms with Gasteiger partial charge in [-0.1, -0.05) is 13.8 Å². The molecule has 0 saturated carbocycles. The van der Waals surface area contributed by atoms with Crippen LogP contribution in [0.3, 0.4) is 0 Å². The van der Waals surface area contributed by atoms with E-state index in [4.69, 9.17) is 9.52 Å². The number of hydrogen-bond acceptors (Lipinski definition) is 3. The molecule has 1 N–H and O–H groups in total. The summed E-state index contributed by atoms with van der Waals surface area (Å²) in [4.78, 5) is 11.7. The summed E-state index contributed by atoms with van der Waals surface area (Å²) in [5.74, 6) is -3.53. The lowest BCUT2D eigenvalue weighted by Crippen LogP contribution is -2.10. The van der Waals surface area contributed by atoms with Crippen molar-refractivity contribution in [3.05, 3.63) is 39.8 Å². The smallest absolute Gasteiger partial charge is 0.339 e. The summed E-state index contributed by atoms with van der Waals surface area (Å²) in [6, 6.07) is 2.35. The van der Waals surface area contributed by atoms with Crippen molar-refractivity contribution < 1.29 is 18.3 Å². The summed E-state index contributed by atoms with van der Waals surface area (Å²) in [6.07, 6.45) is 0.708. The lowest BCUT2D eigenvalue weighted by atomic mass is 9.99. The molecule has 2 aromatic rings. The van der Waals surface area contributed by atoms with Crippen LogP contribution in [0.5, 0.6) is 5.75 Å². The largest absolute Gasteiger partial charge is 0.503 e. The monoisotopic (exact) mass is 254 g/mol. The summed E-state index contributed by atoms with van der Waals surface area (Å²) in [7, 11) is 0. The van der Waals surface area contributed by atoms with E-state index in [1.54, 1.807) is 0 Å². The van der Waals surface area contributed by atoms with Gasteiger partial charge in [0.2, 0.25) is 5.82 Å². The van der Waals surface area contributed by atoms with E-state index < -0.39 is 28.6 Å². The standard InChI is InChI=1S/C13H12F2O3/c1-3-6(2)8-4-7-5-9(14)11(16)10(15)12(7)18-13(8)17/h4-6,16H,3H2,1-2H3. The van der Waals surface area contributed by atoms with Crippen molar-refractivity contribution in [1.29, 1.82) is 0 Å². The van der Waals surface area contributed by atoms with Crippen LogP contribution in [0.15, 0.2) is 21.3 Å². The number of phenols is 1. The molecule has 1 heterocycles. The van der Waals surface area contributed by atoms with Gasteiger partial charge in [-0.3, -0.25) is 0 Å². The normalized spacial score (nSPS) is 12.9. The van der Waals surface area contributed by atoms with Crippen molar-refractivity contribution in [3.8, 4) is 5.75 Å². The van der Waals surface area contributed by atoms with E-state index in [1.807, 2.05) is 13.8 Å². The highest BCUT2D eigenvalue weighted by Crippen LogP contribution is 2.29. The molecule has 3 nitrogen and oxygen atoms in total. The predicted octanol–water partition coefficient (Wildman–Crippen LogP) is 3.29. The molecular formula is C13H12F2O3. The average molecular weight is 254 g/mol. The van der Waals surface area contributed by atoms with Gasteiger partial charge in [0.25, 0.3) is 0 Å². The number of rotatable bonds is 2. The molecule has 1 unspecified atom stereocenters. The van der Waals surface area contributed by atoms with Crippen LogP contribution < -0.4 is 5.63 Å². The third kappa shape index (κ3) is 1.85. The minimum absolute atomic E-state index is 0.0643. The van der Waals surface area contributed by atoms with Gasteiger partial charge in [-0.25, -0.2) is 9.18 Å². The minimum Gasteiger partial charge on any atom is -0.503 e. The van der Waals surface area contributed by atoms with Crippen molar-refractivity contribution >= 4 is 11.0 Å². The van der Waals surface area contributed by atoms with E-state index in [-0.39, 0.29) is 11.3 Å². The van der Waals surface area contributed by atoms with Crippen molar-refractivity contribution in [2.75, 3.05) is 0 Å². The van der Waals surface area contributed by atoms with E-state index in [9.17, 15) is 13.6 Å². The van der Waals surface area contributed by atoms with Gasteiger partial charge in [0, 0.05) is 10.9 Å². The molecule has 18 heavy (non-hydrogen) atoms. The second-order valence-electron chi connectivity index (χ2n) is 4.24. The molecule has 5 heteroatoms. The maximum Gasteiger partial charge on any atom is 0.339 e. The van der Waals surface area contributed by atoms with Crippen molar-refractivity contribution in [2.45, 2.75) is 26.2 Å². The molecule has 0 amide bonds. The first-order valence-corrected chi connectivity index (χ1v) is 5.60. The van der Waals surface area contributed by atoms with E-state index in [0.29, 0.717) is 12.0 Å². The average Bonchev–Trinajstić information content (AvgIpc) is 2.36. The zero-order valence-electron chi connectivity index (χ0n) is 9.96. The molecule has 0 radical (unpaired) electrons. The van der Waals surface area contributed by atoms with Crippen LogP contribution in [0.1, 0.15) is 31.7 Å². The van der Waals surface area contributed by atoms with Gasteiger partial charge in [-0.05, 0) is 24.5 Å². The van der Waals surface area contributed by atoms with Crippen molar-refractivity contribution in [3.63, 3.8) is 0 Å². The Bertz CT molecular complexity index is 661. The summed E-state index contributed by atoms with van der Waals surface area (Å²) in [6.45, 7) is 3.72. The Balaban J connectivity index is 2.81. The second kappa shape index (κ2) is 4.40. The number of fused-ring (bicyclic) bond motifs is 1. The van der Waals surface area contributed by atoms with Crippen molar-refractivity contribution in [2.24, 2.45) is 0 Å². The van der Waals surface area contributed by atoms with E-state index >= 15 is 0 Å². The quantitative estimate of drug-likeness (QED) is 0.836. The second-order valence-corrected chi connectivity index (χ2v) is 4.24. The molecule has 0 aliphatic carbocycles. The molecular weight excluding hydrogens is 242 g/mol. The first-order chi connectivity index (χ1) is 8.45. The first kappa shape index (κ1) is 12.5. The van der Waals surface area contributed by atoms with Gasteiger partial charge in [-0.15, -0.1) is 0 Å². The highest BCUT2D eigenvalue weighted by atomic mass is 19.1. The molecule has 1 aromatic heterocycles. The number of hydrogen-bond donors (Lipinski definition) is 1. The van der Waals surface area contributed by atoms with Gasteiger partial charge in [-0.2, -0.15) is 4.39 Å². The molecule has 96 valence electrons. The van der Waals surface area contributed by atoms with Gasteiger partial charge >= 0.3 is 5.63 Å². The van der Waals surface area contributed by atoms with Crippen LogP contribution in [0.2, 0.25) is 0 Å². The minimum atomic E-state index is -1.25. The van der Waals surface area contributed by atoms with E-state index in [2.05, 4.69) is 0 Å². The molecule has 1 atom stereocenters. The molecule has 0 bridgehead atoms. The van der Waals surface area contributed by atoms with E-state index in [1.165, 1.54) is 6.07 Å². The van der Waals surface area contributed by atoms with Gasteiger partial charge in [0.15, 0.2) is 17.1 Å². The van der Waals surface area contributed by atoms with Crippen LogP contribution in [-0.4, -0.2) is 5.11 Å². The van der Waals surface area contributed by atoms with Gasteiger partial charge in [0.1, 0.15) is 0 Å². The highest BCUT2D eigenvalue weighted by molar-refractivity contribution is 5.79. The van der Waals surface area contributed by atoms with E-state index in [0.717, 1.165) is 6.07 Å². The molecule has 2 rings (SSSR count). The van der Waals surface area contributed by atoms with Crippen LogP contribution in [0.4, 0.5) is 8.78 Å². The van der Waals surface area contributed by atoms with Crippen LogP contribution >= 0.6 is 0 Å². The Hall–Kier alpha value is -1.91. The maximum absolute atomic E-state index is 13.5. The Morgan fingerprint density at radius 3 is 2.67 bits per heavy atom. The molecule has 0 spiro atoms. The Morgan fingerprint density at radius 1 is 1.39 bits per heavy atom. The lowest BCUT2D eigenvalue weighted by molar-refractivity contribution is 0.392. The van der Waals surface area contributed by atoms with Gasteiger partial charge < -0.3 is 9.52 Å². The molecule has 1 aromatic carbocycles. The number of aromatic hydroxyl groups is 1. The maximum atomic E-state index is 13.5. The highest BCUT2D eigenvalue weighted by Gasteiger charge is 2.18. The van der Waals surface area contributed by atoms with Crippen LogP contribution in [0.25, 0.3) is 11.0 Å². The topological polar surface area (TPSA) is 50.4 Å². The number of phenolic OH excluding ortho intramolecular Hbond substituents is 1. The molecule has 0 aliphatic rings. The third-order valence-corrected chi connectivity index (χ3v) is 3.06. The SMILES string of the molecule is CCC(C)c1cc2cc(F)c(O)c(F)c2oc1=O. The fourth-order valence-corrected chi connectivity index (χ4v) is 1.76. The number of halogens is 2. The summed E-state index contributed by atoms with van der Waals surface area (Å²) < 4.78 is 31.6. The molecule has 0 saturated heterocycles. The molecule has 0 aliphatic heterocycles. The van der Waals surface area contributed by atoms with Crippen LogP contribution in [-0.2, 0) is 0 Å². The summed E-state index contributed by atoms with van der Waals surface area (Å²) in [5, 5.41) is 9.23. The summed E-state index contributed by atoms with van der Waals surface area (Å²) >= 11 is 0. The zero-order chi connectivity index (χ0) is 13.4. The lowest BCUT2D eigenvalue weighted by Gasteiger charge is -2.08. The van der Waals surface area contributed by atoms with Crippen molar-refractivity contribution in [1.82, 2.24) is 0 Å². The molecule has 0 fully saturated rings. The van der Waals surface area contributed by atoms with Gasteiger partial charge in [0.05, 0.1) is 0 Å². The van der Waals surface area contributed by atoms with Crippen LogP contribution in [0, 0.1) is 11.6 Å². The Kier molecular flexibility index (Phi) is 3.07.